The third-order valence-electron chi connectivity index (χ3n) is 4.49. The van der Waals surface area contributed by atoms with Gasteiger partial charge >= 0.3 is 5.97 Å². The standard InChI is InChI=1S/C21H17NO3S/c1-25-21(24)18-16(14-8-4-2-5-9-14)17(15-10-6-3-7-11-15)19(23)22-12-13-26-20(18)22/h2-11H,12-13H2,1H3. The lowest BCUT2D eigenvalue weighted by Crippen LogP contribution is -2.25. The second-order valence-electron chi connectivity index (χ2n) is 5.96. The van der Waals surface area contributed by atoms with Crippen LogP contribution in [-0.4, -0.2) is 23.4 Å². The molecule has 0 radical (unpaired) electrons. The molecule has 0 saturated heterocycles. The van der Waals surface area contributed by atoms with E-state index in [1.807, 2.05) is 60.7 Å². The summed E-state index contributed by atoms with van der Waals surface area (Å²) in [5.41, 5.74) is 3.23. The van der Waals surface area contributed by atoms with Crippen molar-refractivity contribution in [3.8, 4) is 22.3 Å². The van der Waals surface area contributed by atoms with E-state index in [0.717, 1.165) is 16.9 Å². The number of esters is 1. The van der Waals surface area contributed by atoms with Crippen molar-refractivity contribution < 1.29 is 9.53 Å². The van der Waals surface area contributed by atoms with Crippen LogP contribution in [0.5, 0.6) is 0 Å². The molecular weight excluding hydrogens is 346 g/mol. The molecule has 0 fully saturated rings. The number of ether oxygens (including phenoxy) is 1. The molecule has 0 atom stereocenters. The molecule has 2 aromatic carbocycles. The maximum Gasteiger partial charge on any atom is 0.341 e. The van der Waals surface area contributed by atoms with Crippen molar-refractivity contribution in [1.82, 2.24) is 4.57 Å². The highest BCUT2D eigenvalue weighted by molar-refractivity contribution is 7.99. The number of nitrogens with zero attached hydrogens (tertiary/aromatic N) is 1. The molecule has 0 amide bonds. The summed E-state index contributed by atoms with van der Waals surface area (Å²) in [6, 6.07) is 19.1. The Morgan fingerprint density at radius 1 is 0.962 bits per heavy atom. The molecule has 0 spiro atoms. The lowest BCUT2D eigenvalue weighted by atomic mass is 9.92. The average molecular weight is 363 g/mol. The zero-order valence-electron chi connectivity index (χ0n) is 14.3. The summed E-state index contributed by atoms with van der Waals surface area (Å²) >= 11 is 1.53. The van der Waals surface area contributed by atoms with Crippen LogP contribution in [0, 0.1) is 0 Å². The van der Waals surface area contributed by atoms with E-state index in [0.29, 0.717) is 28.3 Å². The Morgan fingerprint density at radius 3 is 2.12 bits per heavy atom. The van der Waals surface area contributed by atoms with Gasteiger partial charge in [0, 0.05) is 17.9 Å². The van der Waals surface area contributed by atoms with Gasteiger partial charge in [0.15, 0.2) is 0 Å². The highest BCUT2D eigenvalue weighted by Crippen LogP contribution is 2.39. The lowest BCUT2D eigenvalue weighted by molar-refractivity contribution is 0.0596. The summed E-state index contributed by atoms with van der Waals surface area (Å²) in [7, 11) is 1.38. The van der Waals surface area contributed by atoms with Gasteiger partial charge in [-0.05, 0) is 11.1 Å². The third kappa shape index (κ3) is 2.65. The Bertz CT molecular complexity index is 1030. The highest BCUT2D eigenvalue weighted by Gasteiger charge is 2.30. The maximum absolute atomic E-state index is 13.3. The molecule has 0 N–H and O–H groups in total. The molecule has 2 heterocycles. The summed E-state index contributed by atoms with van der Waals surface area (Å²) in [6.07, 6.45) is 0. The first kappa shape index (κ1) is 16.7. The number of aromatic nitrogens is 1. The topological polar surface area (TPSA) is 48.3 Å². The summed E-state index contributed by atoms with van der Waals surface area (Å²) in [6.45, 7) is 0.595. The molecule has 1 aromatic heterocycles. The van der Waals surface area contributed by atoms with Crippen molar-refractivity contribution in [1.29, 1.82) is 0 Å². The smallest absolute Gasteiger partial charge is 0.341 e. The van der Waals surface area contributed by atoms with Crippen molar-refractivity contribution in [2.45, 2.75) is 11.6 Å². The quantitative estimate of drug-likeness (QED) is 0.658. The number of thioether (sulfide) groups is 1. The van der Waals surface area contributed by atoms with Gasteiger partial charge in [0.05, 0.1) is 23.3 Å². The Hall–Kier alpha value is -2.79. The first-order valence-electron chi connectivity index (χ1n) is 8.35. The van der Waals surface area contributed by atoms with Crippen LogP contribution >= 0.6 is 11.8 Å². The third-order valence-corrected chi connectivity index (χ3v) is 5.57. The van der Waals surface area contributed by atoms with Crippen LogP contribution in [0.4, 0.5) is 0 Å². The van der Waals surface area contributed by atoms with E-state index in [-0.39, 0.29) is 5.56 Å². The number of hydrogen-bond acceptors (Lipinski definition) is 4. The van der Waals surface area contributed by atoms with E-state index in [1.54, 1.807) is 4.57 Å². The fourth-order valence-electron chi connectivity index (χ4n) is 3.35. The van der Waals surface area contributed by atoms with E-state index in [4.69, 9.17) is 4.74 Å². The Kier molecular flexibility index (Phi) is 4.39. The molecule has 1 aliphatic rings. The van der Waals surface area contributed by atoms with Gasteiger partial charge in [-0.25, -0.2) is 4.79 Å². The molecule has 4 rings (SSSR count). The summed E-state index contributed by atoms with van der Waals surface area (Å²) in [5.74, 6) is 0.352. The minimum absolute atomic E-state index is 0.0669. The average Bonchev–Trinajstić information content (AvgIpc) is 3.18. The van der Waals surface area contributed by atoms with E-state index in [9.17, 15) is 9.59 Å². The van der Waals surface area contributed by atoms with E-state index in [2.05, 4.69) is 0 Å². The molecule has 5 heteroatoms. The number of methoxy groups -OCH3 is 1. The first-order valence-corrected chi connectivity index (χ1v) is 9.33. The second-order valence-corrected chi connectivity index (χ2v) is 7.04. The van der Waals surface area contributed by atoms with Gasteiger partial charge in [0.2, 0.25) is 0 Å². The van der Waals surface area contributed by atoms with Crippen LogP contribution < -0.4 is 5.56 Å². The molecule has 4 nitrogen and oxygen atoms in total. The van der Waals surface area contributed by atoms with Gasteiger partial charge in [-0.15, -0.1) is 11.8 Å². The Balaban J connectivity index is 2.17. The summed E-state index contributed by atoms with van der Waals surface area (Å²) in [5, 5.41) is 0.695. The number of pyridine rings is 1. The van der Waals surface area contributed by atoms with Gasteiger partial charge in [-0.2, -0.15) is 0 Å². The molecule has 3 aromatic rings. The lowest BCUT2D eigenvalue weighted by Gasteiger charge is -2.18. The number of hydrogen-bond donors (Lipinski definition) is 0. The van der Waals surface area contributed by atoms with Crippen molar-refractivity contribution in [3.63, 3.8) is 0 Å². The number of carbonyl (C=O) groups excluding carboxylic acids is 1. The molecule has 1 aliphatic heterocycles. The summed E-state index contributed by atoms with van der Waals surface area (Å²) < 4.78 is 6.79. The largest absolute Gasteiger partial charge is 0.465 e. The van der Waals surface area contributed by atoms with Gasteiger partial charge in [0.25, 0.3) is 5.56 Å². The van der Waals surface area contributed by atoms with Crippen LogP contribution in [0.3, 0.4) is 0 Å². The molecule has 130 valence electrons. The number of carbonyl (C=O) groups is 1. The van der Waals surface area contributed by atoms with Gasteiger partial charge < -0.3 is 9.30 Å². The second kappa shape index (κ2) is 6.84. The minimum atomic E-state index is -0.417. The van der Waals surface area contributed by atoms with Gasteiger partial charge in [0.1, 0.15) is 0 Å². The number of fused-ring (bicyclic) bond motifs is 1. The molecule has 0 unspecified atom stereocenters. The predicted molar refractivity (Wildman–Crippen MR) is 104 cm³/mol. The van der Waals surface area contributed by atoms with Crippen LogP contribution in [0.25, 0.3) is 22.3 Å². The van der Waals surface area contributed by atoms with Gasteiger partial charge in [-0.3, -0.25) is 4.79 Å². The monoisotopic (exact) mass is 363 g/mol. The van der Waals surface area contributed by atoms with E-state index in [1.165, 1.54) is 18.9 Å². The number of rotatable bonds is 3. The molecule has 0 saturated carbocycles. The van der Waals surface area contributed by atoms with E-state index >= 15 is 0 Å². The fraction of sp³-hybridized carbons (Fsp3) is 0.143. The molecule has 0 aliphatic carbocycles. The van der Waals surface area contributed by atoms with Crippen LogP contribution in [0.1, 0.15) is 10.4 Å². The zero-order valence-corrected chi connectivity index (χ0v) is 15.1. The predicted octanol–water partition coefficient (Wildman–Crippen LogP) is 4.07. The van der Waals surface area contributed by atoms with Crippen molar-refractivity contribution in [3.05, 3.63) is 76.6 Å². The zero-order chi connectivity index (χ0) is 18.1. The maximum atomic E-state index is 13.3. The first-order chi connectivity index (χ1) is 12.7. The summed E-state index contributed by atoms with van der Waals surface area (Å²) in [4.78, 5) is 26.0. The SMILES string of the molecule is COC(=O)c1c(-c2ccccc2)c(-c2ccccc2)c(=O)n2c1SCC2. The van der Waals surface area contributed by atoms with Crippen molar-refractivity contribution in [2.75, 3.05) is 12.9 Å². The van der Waals surface area contributed by atoms with Crippen LogP contribution in [0.15, 0.2) is 70.5 Å². The normalized spacial score (nSPS) is 12.7. The van der Waals surface area contributed by atoms with E-state index < -0.39 is 5.97 Å². The molecule has 26 heavy (non-hydrogen) atoms. The molecular formula is C21H17NO3S. The van der Waals surface area contributed by atoms with Crippen LogP contribution in [-0.2, 0) is 11.3 Å². The molecule has 0 bridgehead atoms. The van der Waals surface area contributed by atoms with Gasteiger partial charge in [-0.1, -0.05) is 60.7 Å². The Morgan fingerprint density at radius 2 is 1.54 bits per heavy atom. The Labute approximate surface area is 155 Å². The fourth-order valence-corrected chi connectivity index (χ4v) is 4.47. The van der Waals surface area contributed by atoms with Crippen LogP contribution in [0.2, 0.25) is 0 Å². The highest BCUT2D eigenvalue weighted by atomic mass is 32.2. The number of benzene rings is 2. The minimum Gasteiger partial charge on any atom is -0.465 e. The van der Waals surface area contributed by atoms with Crippen molar-refractivity contribution >= 4 is 17.7 Å². The van der Waals surface area contributed by atoms with Crippen molar-refractivity contribution in [2.24, 2.45) is 0 Å².